The van der Waals surface area contributed by atoms with Gasteiger partial charge in [0.1, 0.15) is 5.02 Å². The first-order valence-electron chi connectivity index (χ1n) is 8.97. The van der Waals surface area contributed by atoms with Crippen molar-refractivity contribution in [3.63, 3.8) is 0 Å². The summed E-state index contributed by atoms with van der Waals surface area (Å²) in [5.41, 5.74) is 0.942. The Labute approximate surface area is 158 Å². The molecule has 140 valence electrons. The highest BCUT2D eigenvalue weighted by molar-refractivity contribution is 6.32. The van der Waals surface area contributed by atoms with Crippen LogP contribution in [0.3, 0.4) is 0 Å². The number of ether oxygens (including phenoxy) is 1. The zero-order valence-electron chi connectivity index (χ0n) is 15.2. The summed E-state index contributed by atoms with van der Waals surface area (Å²) in [6.07, 6.45) is 1.62. The van der Waals surface area contributed by atoms with Crippen LogP contribution in [0, 0.1) is 5.92 Å². The molecule has 1 aromatic heterocycles. The standard InChI is InChI=1S/C19H25ClN4O2/c1-14(2)17(23-8-10-26-11-9-23)13-21-16-12-22-24(19(25)18(16)20)15-6-4-3-5-7-15/h3-7,12,14,17,21H,8-11,13H2,1-2H3. The molecule has 0 saturated carbocycles. The van der Waals surface area contributed by atoms with Crippen LogP contribution < -0.4 is 10.9 Å². The number of morpholine rings is 1. The number of hydrogen-bond acceptors (Lipinski definition) is 5. The molecule has 1 aliphatic rings. The van der Waals surface area contributed by atoms with E-state index in [1.54, 1.807) is 6.20 Å². The summed E-state index contributed by atoms with van der Waals surface area (Å²) in [6.45, 7) is 8.48. The largest absolute Gasteiger partial charge is 0.381 e. The molecule has 2 aromatic rings. The maximum atomic E-state index is 12.6. The molecular weight excluding hydrogens is 352 g/mol. The fourth-order valence-corrected chi connectivity index (χ4v) is 3.41. The van der Waals surface area contributed by atoms with Crippen LogP contribution in [0.15, 0.2) is 41.3 Å². The van der Waals surface area contributed by atoms with Gasteiger partial charge in [0, 0.05) is 25.7 Å². The van der Waals surface area contributed by atoms with E-state index in [4.69, 9.17) is 16.3 Å². The van der Waals surface area contributed by atoms with Gasteiger partial charge >= 0.3 is 0 Å². The Hall–Kier alpha value is -1.89. The first kappa shape index (κ1) is 18.9. The Morgan fingerprint density at radius 2 is 1.92 bits per heavy atom. The molecule has 0 aliphatic carbocycles. The third-order valence-corrected chi connectivity index (χ3v) is 5.07. The van der Waals surface area contributed by atoms with Crippen LogP contribution in [0.2, 0.25) is 5.02 Å². The molecule has 0 radical (unpaired) electrons. The van der Waals surface area contributed by atoms with Crippen molar-refractivity contribution in [2.75, 3.05) is 38.2 Å². The van der Waals surface area contributed by atoms with Gasteiger partial charge in [-0.05, 0) is 18.1 Å². The number of nitrogens with zero attached hydrogens (tertiary/aromatic N) is 3. The number of hydrogen-bond donors (Lipinski definition) is 1. The zero-order chi connectivity index (χ0) is 18.5. The van der Waals surface area contributed by atoms with Gasteiger partial charge in [-0.1, -0.05) is 43.6 Å². The maximum absolute atomic E-state index is 12.6. The van der Waals surface area contributed by atoms with Crippen molar-refractivity contribution in [1.29, 1.82) is 0 Å². The predicted molar refractivity (Wildman–Crippen MR) is 104 cm³/mol. The molecule has 1 saturated heterocycles. The van der Waals surface area contributed by atoms with Crippen molar-refractivity contribution < 1.29 is 4.74 Å². The molecule has 1 aliphatic heterocycles. The summed E-state index contributed by atoms with van der Waals surface area (Å²) in [6, 6.07) is 9.60. The SMILES string of the molecule is CC(C)C(CNc1cnn(-c2ccccc2)c(=O)c1Cl)N1CCOCC1. The van der Waals surface area contributed by atoms with E-state index in [1.165, 1.54) is 4.68 Å². The number of anilines is 1. The van der Waals surface area contributed by atoms with Gasteiger partial charge in [0.15, 0.2) is 0 Å². The number of rotatable bonds is 6. The second kappa shape index (κ2) is 8.66. The fraction of sp³-hybridized carbons (Fsp3) is 0.474. The summed E-state index contributed by atoms with van der Waals surface area (Å²) in [7, 11) is 0. The predicted octanol–water partition coefficient (Wildman–Crippen LogP) is 2.65. The van der Waals surface area contributed by atoms with Crippen molar-refractivity contribution in [2.45, 2.75) is 19.9 Å². The van der Waals surface area contributed by atoms with Gasteiger partial charge in [0.2, 0.25) is 0 Å². The molecule has 3 rings (SSSR count). The lowest BCUT2D eigenvalue weighted by Crippen LogP contribution is -2.49. The second-order valence-corrected chi connectivity index (χ2v) is 7.14. The van der Waals surface area contributed by atoms with E-state index < -0.39 is 0 Å². The van der Waals surface area contributed by atoms with Gasteiger partial charge in [-0.2, -0.15) is 9.78 Å². The molecule has 1 atom stereocenters. The van der Waals surface area contributed by atoms with Crippen molar-refractivity contribution in [2.24, 2.45) is 5.92 Å². The lowest BCUT2D eigenvalue weighted by Gasteiger charge is -2.37. The molecule has 7 heteroatoms. The Balaban J connectivity index is 1.75. The Kier molecular flexibility index (Phi) is 6.29. The van der Waals surface area contributed by atoms with Gasteiger partial charge < -0.3 is 10.1 Å². The minimum atomic E-state index is -0.324. The van der Waals surface area contributed by atoms with Crippen molar-refractivity contribution in [3.8, 4) is 5.69 Å². The lowest BCUT2D eigenvalue weighted by atomic mass is 10.0. The summed E-state index contributed by atoms with van der Waals surface area (Å²) < 4.78 is 6.76. The molecule has 1 fully saturated rings. The fourth-order valence-electron chi connectivity index (χ4n) is 3.22. The first-order chi connectivity index (χ1) is 12.6. The smallest absolute Gasteiger partial charge is 0.292 e. The molecule has 0 bridgehead atoms. The molecule has 2 heterocycles. The van der Waals surface area contributed by atoms with Crippen LogP contribution in [0.1, 0.15) is 13.8 Å². The lowest BCUT2D eigenvalue weighted by molar-refractivity contribution is 0.00954. The van der Waals surface area contributed by atoms with Crippen LogP contribution in [0.25, 0.3) is 5.69 Å². The van der Waals surface area contributed by atoms with E-state index >= 15 is 0 Å². The molecule has 0 amide bonds. The molecule has 26 heavy (non-hydrogen) atoms. The van der Waals surface area contributed by atoms with Gasteiger partial charge in [-0.25, -0.2) is 0 Å². The van der Waals surface area contributed by atoms with Crippen LogP contribution in [-0.2, 0) is 4.74 Å². The molecular formula is C19H25ClN4O2. The highest BCUT2D eigenvalue weighted by Crippen LogP contribution is 2.19. The number of halogens is 1. The van der Waals surface area contributed by atoms with Crippen LogP contribution in [0.5, 0.6) is 0 Å². The van der Waals surface area contributed by atoms with E-state index in [1.807, 2.05) is 30.3 Å². The Morgan fingerprint density at radius 3 is 2.58 bits per heavy atom. The quantitative estimate of drug-likeness (QED) is 0.839. The van der Waals surface area contributed by atoms with Gasteiger partial charge in [0.25, 0.3) is 5.56 Å². The molecule has 1 N–H and O–H groups in total. The monoisotopic (exact) mass is 376 g/mol. The Morgan fingerprint density at radius 1 is 1.23 bits per heavy atom. The van der Waals surface area contributed by atoms with E-state index in [0.717, 1.165) is 26.3 Å². The molecule has 0 spiro atoms. The summed E-state index contributed by atoms with van der Waals surface area (Å²) in [4.78, 5) is 15.0. The average Bonchev–Trinajstić information content (AvgIpc) is 2.66. The van der Waals surface area contributed by atoms with Crippen molar-refractivity contribution >= 4 is 17.3 Å². The van der Waals surface area contributed by atoms with Gasteiger partial charge in [-0.15, -0.1) is 0 Å². The van der Waals surface area contributed by atoms with Crippen LogP contribution >= 0.6 is 11.6 Å². The normalized spacial score (nSPS) is 16.6. The summed E-state index contributed by atoms with van der Waals surface area (Å²) >= 11 is 6.33. The summed E-state index contributed by atoms with van der Waals surface area (Å²) in [5, 5.41) is 7.75. The van der Waals surface area contributed by atoms with Crippen molar-refractivity contribution in [3.05, 3.63) is 51.9 Å². The average molecular weight is 377 g/mol. The van der Waals surface area contributed by atoms with E-state index in [0.29, 0.717) is 29.9 Å². The zero-order valence-corrected chi connectivity index (χ0v) is 15.9. The molecule has 6 nitrogen and oxygen atoms in total. The van der Waals surface area contributed by atoms with E-state index in [-0.39, 0.29) is 10.6 Å². The second-order valence-electron chi connectivity index (χ2n) is 6.77. The highest BCUT2D eigenvalue weighted by atomic mass is 35.5. The third kappa shape index (κ3) is 4.26. The van der Waals surface area contributed by atoms with Crippen LogP contribution in [-0.4, -0.2) is 53.6 Å². The Bertz CT molecular complexity index is 773. The van der Waals surface area contributed by atoms with Gasteiger partial charge in [0.05, 0.1) is 30.8 Å². The number of nitrogens with one attached hydrogen (secondary N) is 1. The molecule has 1 unspecified atom stereocenters. The first-order valence-corrected chi connectivity index (χ1v) is 9.34. The number of aromatic nitrogens is 2. The minimum Gasteiger partial charge on any atom is -0.381 e. The summed E-state index contributed by atoms with van der Waals surface area (Å²) in [5.74, 6) is 0.469. The number of benzene rings is 1. The van der Waals surface area contributed by atoms with E-state index in [9.17, 15) is 4.79 Å². The topological polar surface area (TPSA) is 59.4 Å². The third-order valence-electron chi connectivity index (χ3n) is 4.71. The molecule has 1 aromatic carbocycles. The van der Waals surface area contributed by atoms with Crippen LogP contribution in [0.4, 0.5) is 5.69 Å². The van der Waals surface area contributed by atoms with Gasteiger partial charge in [-0.3, -0.25) is 9.69 Å². The minimum absolute atomic E-state index is 0.160. The van der Waals surface area contributed by atoms with Crippen molar-refractivity contribution in [1.82, 2.24) is 14.7 Å². The highest BCUT2D eigenvalue weighted by Gasteiger charge is 2.24. The number of para-hydroxylation sites is 1. The van der Waals surface area contributed by atoms with E-state index in [2.05, 4.69) is 29.2 Å². The maximum Gasteiger partial charge on any atom is 0.292 e.